The molecule has 1 heterocycles. The van der Waals surface area contributed by atoms with E-state index in [1.165, 1.54) is 6.08 Å². The van der Waals surface area contributed by atoms with E-state index in [2.05, 4.69) is 4.89 Å². The van der Waals surface area contributed by atoms with Crippen LogP contribution in [0.2, 0.25) is 0 Å². The fourth-order valence-corrected chi connectivity index (χ4v) is 1.15. The van der Waals surface area contributed by atoms with Gasteiger partial charge in [0.05, 0.1) is 0 Å². The van der Waals surface area contributed by atoms with Gasteiger partial charge in [0.1, 0.15) is 0 Å². The van der Waals surface area contributed by atoms with Crippen molar-refractivity contribution in [3.63, 3.8) is 0 Å². The summed E-state index contributed by atoms with van der Waals surface area (Å²) in [6.07, 6.45) is 3.02. The summed E-state index contributed by atoms with van der Waals surface area (Å²) in [5.74, 6) is 0.0709. The molecule has 0 radical (unpaired) electrons. The maximum Gasteiger partial charge on any atom is 0.379 e. The van der Waals surface area contributed by atoms with Gasteiger partial charge in [-0.1, -0.05) is 11.6 Å². The first kappa shape index (κ1) is 7.86. The highest BCUT2D eigenvalue weighted by atomic mass is 17.2. The molecule has 0 bridgehead atoms. The summed E-state index contributed by atoms with van der Waals surface area (Å²) in [4.78, 5) is 20.0. The van der Waals surface area contributed by atoms with Crippen molar-refractivity contribution in [2.45, 2.75) is 6.92 Å². The van der Waals surface area contributed by atoms with E-state index < -0.39 is 5.97 Å². The monoisotopic (exact) mass is 176 g/mol. The molecule has 0 saturated carbocycles. The number of benzene rings is 1. The van der Waals surface area contributed by atoms with Crippen LogP contribution in [0.1, 0.15) is 11.1 Å². The van der Waals surface area contributed by atoms with Crippen LogP contribution in [0, 0.1) is 6.92 Å². The van der Waals surface area contributed by atoms with Crippen molar-refractivity contribution in [1.29, 1.82) is 0 Å². The maximum atomic E-state index is 10.8. The molecule has 0 aliphatic carbocycles. The lowest BCUT2D eigenvalue weighted by atomic mass is 10.1. The summed E-state index contributed by atoms with van der Waals surface area (Å²) in [6, 6.07) is 5.59. The molecule has 3 heteroatoms. The molecule has 1 aliphatic rings. The first-order valence-electron chi connectivity index (χ1n) is 3.93. The third-order valence-electron chi connectivity index (χ3n) is 1.78. The summed E-state index contributed by atoms with van der Waals surface area (Å²) in [5.41, 5.74) is 1.96. The van der Waals surface area contributed by atoms with Crippen molar-refractivity contribution >= 4 is 12.0 Å². The Hall–Kier alpha value is -1.77. The Bertz CT molecular complexity index is 380. The van der Waals surface area contributed by atoms with Crippen LogP contribution in [-0.4, -0.2) is 5.97 Å². The lowest BCUT2D eigenvalue weighted by Crippen LogP contribution is -2.02. The van der Waals surface area contributed by atoms with Crippen molar-refractivity contribution in [1.82, 2.24) is 0 Å². The topological polar surface area (TPSA) is 35.5 Å². The van der Waals surface area contributed by atoms with Gasteiger partial charge in [-0.3, -0.25) is 4.89 Å². The summed E-state index contributed by atoms with van der Waals surface area (Å²) in [6.45, 7) is 1.97. The largest absolute Gasteiger partial charge is 0.379 e. The molecule has 1 aliphatic heterocycles. The molecule has 1 aromatic carbocycles. The lowest BCUT2D eigenvalue weighted by molar-refractivity contribution is -0.206. The van der Waals surface area contributed by atoms with Gasteiger partial charge in [-0.05, 0) is 25.1 Å². The van der Waals surface area contributed by atoms with Gasteiger partial charge in [0.25, 0.3) is 0 Å². The Morgan fingerprint density at radius 1 is 1.15 bits per heavy atom. The molecule has 13 heavy (non-hydrogen) atoms. The summed E-state index contributed by atoms with van der Waals surface area (Å²) >= 11 is 0. The van der Waals surface area contributed by atoms with Crippen molar-refractivity contribution in [3.05, 3.63) is 35.4 Å². The molecule has 0 spiro atoms. The van der Waals surface area contributed by atoms with Gasteiger partial charge in [0, 0.05) is 11.6 Å². The highest BCUT2D eigenvalue weighted by molar-refractivity contribution is 5.88. The Balaban J connectivity index is 2.47. The minimum absolute atomic E-state index is 0.492. The van der Waals surface area contributed by atoms with Crippen molar-refractivity contribution in [3.8, 4) is 5.75 Å². The third-order valence-corrected chi connectivity index (χ3v) is 1.78. The normalized spacial score (nSPS) is 14.1. The zero-order chi connectivity index (χ0) is 9.26. The number of aryl methyl sites for hydroxylation is 1. The molecular formula is C10H8O3. The maximum absolute atomic E-state index is 10.8. The summed E-state index contributed by atoms with van der Waals surface area (Å²) in [5, 5.41) is 0. The Morgan fingerprint density at radius 2 is 2.00 bits per heavy atom. The van der Waals surface area contributed by atoms with E-state index >= 15 is 0 Å². The molecule has 0 saturated heterocycles. The van der Waals surface area contributed by atoms with E-state index in [9.17, 15) is 4.79 Å². The zero-order valence-corrected chi connectivity index (χ0v) is 7.11. The van der Waals surface area contributed by atoms with Gasteiger partial charge in [0.15, 0.2) is 5.75 Å². The van der Waals surface area contributed by atoms with Crippen molar-refractivity contribution < 1.29 is 14.6 Å². The van der Waals surface area contributed by atoms with Gasteiger partial charge < -0.3 is 0 Å². The second kappa shape index (κ2) is 2.94. The van der Waals surface area contributed by atoms with Crippen LogP contribution in [-0.2, 0) is 9.68 Å². The SMILES string of the molecule is Cc1ccc2c(c1)C=CC(=O)OO2. The van der Waals surface area contributed by atoms with Crippen LogP contribution in [0.15, 0.2) is 24.3 Å². The zero-order valence-electron chi connectivity index (χ0n) is 7.11. The van der Waals surface area contributed by atoms with Gasteiger partial charge in [0.2, 0.25) is 0 Å². The number of hydrogen-bond donors (Lipinski definition) is 0. The highest BCUT2D eigenvalue weighted by Gasteiger charge is 2.09. The van der Waals surface area contributed by atoms with Crippen LogP contribution in [0.3, 0.4) is 0 Å². The molecule has 0 amide bonds. The van der Waals surface area contributed by atoms with E-state index in [0.717, 1.165) is 11.1 Å². The number of fused-ring (bicyclic) bond motifs is 1. The fraction of sp³-hybridized carbons (Fsp3) is 0.100. The van der Waals surface area contributed by atoms with E-state index in [1.807, 2.05) is 19.1 Å². The van der Waals surface area contributed by atoms with Gasteiger partial charge in [-0.15, -0.1) is 0 Å². The molecule has 0 fully saturated rings. The van der Waals surface area contributed by atoms with Crippen molar-refractivity contribution in [2.75, 3.05) is 0 Å². The summed E-state index contributed by atoms with van der Waals surface area (Å²) < 4.78 is 0. The average molecular weight is 176 g/mol. The average Bonchev–Trinajstić information content (AvgIpc) is 2.29. The Labute approximate surface area is 75.5 Å². The standard InChI is InChI=1S/C10H8O3/c1-7-2-4-9-8(6-7)3-5-10(11)13-12-9/h2-6H,1H3. The second-order valence-electron chi connectivity index (χ2n) is 2.86. The third kappa shape index (κ3) is 1.54. The van der Waals surface area contributed by atoms with Crippen LogP contribution in [0.25, 0.3) is 6.08 Å². The van der Waals surface area contributed by atoms with Gasteiger partial charge >= 0.3 is 5.97 Å². The van der Waals surface area contributed by atoms with E-state index in [1.54, 1.807) is 12.1 Å². The first-order valence-corrected chi connectivity index (χ1v) is 3.93. The van der Waals surface area contributed by atoms with Gasteiger partial charge in [-0.2, -0.15) is 0 Å². The molecular weight excluding hydrogens is 168 g/mol. The smallest absolute Gasteiger partial charge is 0.286 e. The molecule has 0 aromatic heterocycles. The number of hydrogen-bond acceptors (Lipinski definition) is 3. The van der Waals surface area contributed by atoms with Crippen molar-refractivity contribution in [2.24, 2.45) is 0 Å². The Kier molecular flexibility index (Phi) is 1.77. The molecule has 1 aromatic rings. The molecule has 0 atom stereocenters. The number of rotatable bonds is 0. The lowest BCUT2D eigenvalue weighted by Gasteiger charge is -2.03. The van der Waals surface area contributed by atoms with Crippen LogP contribution >= 0.6 is 0 Å². The highest BCUT2D eigenvalue weighted by Crippen LogP contribution is 2.23. The second-order valence-corrected chi connectivity index (χ2v) is 2.86. The molecule has 3 nitrogen and oxygen atoms in total. The van der Waals surface area contributed by atoms with Crippen LogP contribution < -0.4 is 4.89 Å². The number of carbonyl (C=O) groups excluding carboxylic acids is 1. The minimum Gasteiger partial charge on any atom is -0.286 e. The molecule has 0 unspecified atom stereocenters. The molecule has 66 valence electrons. The van der Waals surface area contributed by atoms with E-state index in [0.29, 0.717) is 5.75 Å². The number of carbonyl (C=O) groups is 1. The predicted molar refractivity (Wildman–Crippen MR) is 46.9 cm³/mol. The van der Waals surface area contributed by atoms with Crippen LogP contribution in [0.4, 0.5) is 0 Å². The quantitative estimate of drug-likeness (QED) is 0.566. The Morgan fingerprint density at radius 3 is 2.85 bits per heavy atom. The minimum atomic E-state index is -0.492. The van der Waals surface area contributed by atoms with E-state index in [-0.39, 0.29) is 0 Å². The summed E-state index contributed by atoms with van der Waals surface area (Å²) in [7, 11) is 0. The first-order chi connectivity index (χ1) is 6.25. The fourth-order valence-electron chi connectivity index (χ4n) is 1.15. The van der Waals surface area contributed by atoms with E-state index in [4.69, 9.17) is 4.89 Å². The molecule has 2 rings (SSSR count). The van der Waals surface area contributed by atoms with Crippen LogP contribution in [0.5, 0.6) is 5.75 Å². The predicted octanol–water partition coefficient (Wildman–Crippen LogP) is 1.86. The van der Waals surface area contributed by atoms with Gasteiger partial charge in [-0.25, -0.2) is 9.68 Å². The molecule has 0 N–H and O–H groups in total.